The van der Waals surface area contributed by atoms with Crippen LogP contribution in [0, 0.1) is 11.8 Å². The van der Waals surface area contributed by atoms with Gasteiger partial charge in [0.1, 0.15) is 12.4 Å². The van der Waals surface area contributed by atoms with Gasteiger partial charge in [-0.1, -0.05) is 18.8 Å². The number of aliphatic hydroxyl groups excluding tert-OH is 1. The highest BCUT2D eigenvalue weighted by atomic mass is 16.5. The average molecular weight is 273 g/mol. The first-order valence-electron chi connectivity index (χ1n) is 7.29. The van der Waals surface area contributed by atoms with Crippen molar-refractivity contribution in [3.05, 3.63) is 29.3 Å². The summed E-state index contributed by atoms with van der Waals surface area (Å²) in [5, 5.41) is 8.79. The minimum absolute atomic E-state index is 0.106. The van der Waals surface area contributed by atoms with Crippen LogP contribution in [-0.2, 0) is 6.54 Å². The van der Waals surface area contributed by atoms with Gasteiger partial charge in [0.2, 0.25) is 0 Å². The summed E-state index contributed by atoms with van der Waals surface area (Å²) in [5.41, 5.74) is 2.11. The van der Waals surface area contributed by atoms with Crippen LogP contribution in [-0.4, -0.2) is 36.3 Å². The van der Waals surface area contributed by atoms with Gasteiger partial charge in [-0.3, -0.25) is 4.90 Å². The molecule has 1 saturated carbocycles. The fourth-order valence-electron chi connectivity index (χ4n) is 2.46. The first kappa shape index (κ1) is 14.9. The van der Waals surface area contributed by atoms with Crippen LogP contribution in [0.1, 0.15) is 37.3 Å². The maximum atomic E-state index is 8.79. The molecule has 1 aliphatic rings. The normalized spacial score (nSPS) is 14.0. The smallest absolute Gasteiger partial charge is 0.123 e. The molecule has 3 nitrogen and oxygen atoms in total. The van der Waals surface area contributed by atoms with Crippen molar-refractivity contribution in [2.45, 2.75) is 38.8 Å². The zero-order valence-electron chi connectivity index (χ0n) is 12.4. The summed E-state index contributed by atoms with van der Waals surface area (Å²) in [5.74, 6) is 6.57. The molecule has 108 valence electrons. The van der Waals surface area contributed by atoms with E-state index in [9.17, 15) is 0 Å². The Morgan fingerprint density at radius 1 is 1.40 bits per heavy atom. The number of rotatable bonds is 6. The molecule has 0 aliphatic heterocycles. The molecule has 1 aromatic carbocycles. The van der Waals surface area contributed by atoms with Crippen molar-refractivity contribution < 1.29 is 9.84 Å². The molecule has 0 aromatic heterocycles. The van der Waals surface area contributed by atoms with Gasteiger partial charge in [0.25, 0.3) is 0 Å². The summed E-state index contributed by atoms with van der Waals surface area (Å²) < 4.78 is 5.46. The van der Waals surface area contributed by atoms with Gasteiger partial charge in [0.15, 0.2) is 0 Å². The molecule has 0 heterocycles. The molecule has 1 N–H and O–H groups in total. The number of benzene rings is 1. The Morgan fingerprint density at radius 3 is 2.80 bits per heavy atom. The third-order valence-corrected chi connectivity index (χ3v) is 3.54. The third-order valence-electron chi connectivity index (χ3n) is 3.54. The Morgan fingerprint density at radius 2 is 2.20 bits per heavy atom. The van der Waals surface area contributed by atoms with E-state index in [0.29, 0.717) is 0 Å². The summed E-state index contributed by atoms with van der Waals surface area (Å²) in [6, 6.07) is 6.72. The maximum absolute atomic E-state index is 8.79. The second-order valence-electron chi connectivity index (χ2n) is 5.19. The van der Waals surface area contributed by atoms with Gasteiger partial charge in [-0.2, -0.15) is 0 Å². The second-order valence-corrected chi connectivity index (χ2v) is 5.19. The third kappa shape index (κ3) is 4.00. The molecular formula is C17H23NO2. The molecular weight excluding hydrogens is 250 g/mol. The first-order chi connectivity index (χ1) is 9.78. The lowest BCUT2D eigenvalue weighted by atomic mass is 10.1. The SMILES string of the molecule is CCCN(Cc1cc(C#CCO)ccc1OC)C1CC1. The van der Waals surface area contributed by atoms with Crippen LogP contribution in [0.25, 0.3) is 0 Å². The minimum atomic E-state index is -0.106. The highest BCUT2D eigenvalue weighted by Crippen LogP contribution is 2.30. The molecule has 0 radical (unpaired) electrons. The number of nitrogens with zero attached hydrogens (tertiary/aromatic N) is 1. The number of hydrogen-bond acceptors (Lipinski definition) is 3. The maximum Gasteiger partial charge on any atom is 0.123 e. The van der Waals surface area contributed by atoms with Crippen molar-refractivity contribution in [2.24, 2.45) is 0 Å². The molecule has 1 aromatic rings. The van der Waals surface area contributed by atoms with E-state index in [4.69, 9.17) is 9.84 Å². The monoisotopic (exact) mass is 273 g/mol. The van der Waals surface area contributed by atoms with E-state index >= 15 is 0 Å². The predicted molar refractivity (Wildman–Crippen MR) is 80.7 cm³/mol. The van der Waals surface area contributed by atoms with Crippen LogP contribution in [0.3, 0.4) is 0 Å². The molecule has 0 unspecified atom stereocenters. The largest absolute Gasteiger partial charge is 0.496 e. The minimum Gasteiger partial charge on any atom is -0.496 e. The Labute approximate surface area is 121 Å². The van der Waals surface area contributed by atoms with Gasteiger partial charge < -0.3 is 9.84 Å². The van der Waals surface area contributed by atoms with Crippen LogP contribution in [0.2, 0.25) is 0 Å². The zero-order chi connectivity index (χ0) is 14.4. The fraction of sp³-hybridized carbons (Fsp3) is 0.529. The number of ether oxygens (including phenoxy) is 1. The van der Waals surface area contributed by atoms with Gasteiger partial charge in [-0.05, 0) is 44.0 Å². The van der Waals surface area contributed by atoms with Crippen molar-refractivity contribution in [2.75, 3.05) is 20.3 Å². The summed E-state index contributed by atoms with van der Waals surface area (Å²) in [6.07, 6.45) is 3.79. The lowest BCUT2D eigenvalue weighted by molar-refractivity contribution is 0.251. The molecule has 3 heteroatoms. The van der Waals surface area contributed by atoms with E-state index in [1.54, 1.807) is 7.11 Å². The van der Waals surface area contributed by atoms with E-state index in [1.165, 1.54) is 24.8 Å². The molecule has 1 fully saturated rings. The highest BCUT2D eigenvalue weighted by molar-refractivity contribution is 5.44. The molecule has 0 atom stereocenters. The van der Waals surface area contributed by atoms with E-state index in [-0.39, 0.29) is 6.61 Å². The van der Waals surface area contributed by atoms with Crippen molar-refractivity contribution >= 4 is 0 Å². The van der Waals surface area contributed by atoms with E-state index in [0.717, 1.165) is 30.4 Å². The molecule has 0 bridgehead atoms. The molecule has 1 aliphatic carbocycles. The lowest BCUT2D eigenvalue weighted by Gasteiger charge is -2.22. The number of hydrogen-bond donors (Lipinski definition) is 1. The van der Waals surface area contributed by atoms with Crippen LogP contribution >= 0.6 is 0 Å². The van der Waals surface area contributed by atoms with Gasteiger partial charge in [0.05, 0.1) is 7.11 Å². The van der Waals surface area contributed by atoms with E-state index < -0.39 is 0 Å². The summed E-state index contributed by atoms with van der Waals surface area (Å²) in [4.78, 5) is 2.53. The highest BCUT2D eigenvalue weighted by Gasteiger charge is 2.28. The number of aliphatic hydroxyl groups is 1. The fourth-order valence-corrected chi connectivity index (χ4v) is 2.46. The van der Waals surface area contributed by atoms with Crippen LogP contribution in [0.4, 0.5) is 0 Å². The van der Waals surface area contributed by atoms with Crippen LogP contribution in [0.5, 0.6) is 5.75 Å². The van der Waals surface area contributed by atoms with E-state index in [2.05, 4.69) is 29.7 Å². The summed E-state index contributed by atoms with van der Waals surface area (Å²) in [6.45, 7) is 4.15. The summed E-state index contributed by atoms with van der Waals surface area (Å²) >= 11 is 0. The van der Waals surface area contributed by atoms with Gasteiger partial charge >= 0.3 is 0 Å². The van der Waals surface area contributed by atoms with Gasteiger partial charge in [-0.15, -0.1) is 0 Å². The van der Waals surface area contributed by atoms with E-state index in [1.807, 2.05) is 12.1 Å². The number of methoxy groups -OCH3 is 1. The Hall–Kier alpha value is -1.50. The predicted octanol–water partition coefficient (Wildman–Crippen LogP) is 2.41. The van der Waals surface area contributed by atoms with Crippen molar-refractivity contribution in [3.8, 4) is 17.6 Å². The molecule has 0 amide bonds. The van der Waals surface area contributed by atoms with Crippen molar-refractivity contribution in [1.82, 2.24) is 4.90 Å². The van der Waals surface area contributed by atoms with Crippen LogP contribution in [0.15, 0.2) is 18.2 Å². The molecule has 0 saturated heterocycles. The molecule has 0 spiro atoms. The first-order valence-corrected chi connectivity index (χ1v) is 7.29. The quantitative estimate of drug-likeness (QED) is 0.808. The Balaban J connectivity index is 2.18. The zero-order valence-corrected chi connectivity index (χ0v) is 12.4. The standard InChI is InChI=1S/C17H23NO2/c1-3-10-18(16-7-8-16)13-15-12-14(5-4-11-19)6-9-17(15)20-2/h6,9,12,16,19H,3,7-8,10-11,13H2,1-2H3. The summed E-state index contributed by atoms with van der Waals surface area (Å²) in [7, 11) is 1.71. The second kappa shape index (κ2) is 7.33. The lowest BCUT2D eigenvalue weighted by Crippen LogP contribution is -2.26. The molecule has 2 rings (SSSR count). The van der Waals surface area contributed by atoms with Gasteiger partial charge in [-0.25, -0.2) is 0 Å². The molecule has 20 heavy (non-hydrogen) atoms. The van der Waals surface area contributed by atoms with Crippen LogP contribution < -0.4 is 4.74 Å². The topological polar surface area (TPSA) is 32.7 Å². The van der Waals surface area contributed by atoms with Gasteiger partial charge in [0, 0.05) is 23.7 Å². The van der Waals surface area contributed by atoms with Crippen molar-refractivity contribution in [3.63, 3.8) is 0 Å². The Kier molecular flexibility index (Phi) is 5.46. The van der Waals surface area contributed by atoms with Crippen molar-refractivity contribution in [1.29, 1.82) is 0 Å². The Bertz CT molecular complexity index is 497. The average Bonchev–Trinajstić information content (AvgIpc) is 3.29.